The molecule has 1 aliphatic rings. The number of hydrogen-bond donors (Lipinski definition) is 2. The minimum Gasteiger partial charge on any atom is -0.460 e. The molecule has 1 aromatic carbocycles. The summed E-state index contributed by atoms with van der Waals surface area (Å²) in [7, 11) is 0. The van der Waals surface area contributed by atoms with Crippen LogP contribution < -0.4 is 5.56 Å². The Morgan fingerprint density at radius 1 is 1.26 bits per heavy atom. The van der Waals surface area contributed by atoms with Crippen molar-refractivity contribution >= 4 is 17.9 Å². The Morgan fingerprint density at radius 2 is 2.11 bits per heavy atom. The number of nitrogens with one attached hydrogen (secondary N) is 2. The van der Waals surface area contributed by atoms with Gasteiger partial charge in [0, 0.05) is 42.9 Å². The maximum atomic E-state index is 12.1. The van der Waals surface area contributed by atoms with Crippen molar-refractivity contribution in [3.8, 4) is 11.3 Å². The fraction of sp³-hybridized carbons (Fsp3) is 0.222. The van der Waals surface area contributed by atoms with E-state index in [2.05, 4.69) is 14.9 Å². The highest BCUT2D eigenvalue weighted by molar-refractivity contribution is 7.71. The first kappa shape index (κ1) is 17.4. The summed E-state index contributed by atoms with van der Waals surface area (Å²) in [6.45, 7) is 1.82. The molecule has 8 nitrogen and oxygen atoms in total. The first-order chi connectivity index (χ1) is 13.0. The van der Waals surface area contributed by atoms with E-state index in [-0.39, 0.29) is 11.2 Å². The van der Waals surface area contributed by atoms with Crippen LogP contribution in [0.15, 0.2) is 45.6 Å². The van der Waals surface area contributed by atoms with Crippen molar-refractivity contribution in [3.05, 3.63) is 78.7 Å². The van der Waals surface area contributed by atoms with Gasteiger partial charge in [0.05, 0.1) is 17.0 Å². The molecule has 4 rings (SSSR count). The van der Waals surface area contributed by atoms with Crippen LogP contribution in [0.25, 0.3) is 11.3 Å². The number of non-ortho nitro benzene ring substituents is 1. The van der Waals surface area contributed by atoms with Crippen molar-refractivity contribution < 1.29 is 9.34 Å². The lowest BCUT2D eigenvalue weighted by molar-refractivity contribution is -0.384. The first-order valence-electron chi connectivity index (χ1n) is 8.40. The second kappa shape index (κ2) is 6.93. The van der Waals surface area contributed by atoms with Gasteiger partial charge in [-0.1, -0.05) is 12.1 Å². The third-order valence-electron chi connectivity index (χ3n) is 4.57. The quantitative estimate of drug-likeness (QED) is 0.406. The summed E-state index contributed by atoms with van der Waals surface area (Å²) in [6.07, 6.45) is 0.710. The number of nitrogens with zero attached hydrogens (tertiary/aromatic N) is 2. The van der Waals surface area contributed by atoms with Crippen LogP contribution in [0.3, 0.4) is 0 Å². The summed E-state index contributed by atoms with van der Waals surface area (Å²) in [6, 6.07) is 9.99. The highest BCUT2D eigenvalue weighted by Gasteiger charge is 2.21. The lowest BCUT2D eigenvalue weighted by atomic mass is 10.1. The van der Waals surface area contributed by atoms with E-state index >= 15 is 0 Å². The van der Waals surface area contributed by atoms with E-state index < -0.39 is 4.92 Å². The molecule has 0 unspecified atom stereocenters. The molecule has 3 heterocycles. The van der Waals surface area contributed by atoms with E-state index in [1.165, 1.54) is 12.1 Å². The molecule has 0 atom stereocenters. The van der Waals surface area contributed by atoms with Crippen molar-refractivity contribution in [3.63, 3.8) is 0 Å². The summed E-state index contributed by atoms with van der Waals surface area (Å²) >= 11 is 5.01. The van der Waals surface area contributed by atoms with Crippen molar-refractivity contribution in [2.45, 2.75) is 19.5 Å². The fourth-order valence-electron chi connectivity index (χ4n) is 3.26. The Bertz CT molecular complexity index is 1130. The van der Waals surface area contributed by atoms with Crippen molar-refractivity contribution in [2.24, 2.45) is 0 Å². The molecule has 138 valence electrons. The van der Waals surface area contributed by atoms with Crippen molar-refractivity contribution in [2.75, 3.05) is 6.54 Å². The topological polar surface area (TPSA) is 108 Å². The minimum absolute atomic E-state index is 0.0228. The first-order valence-corrected chi connectivity index (χ1v) is 8.80. The predicted octanol–water partition coefficient (Wildman–Crippen LogP) is 3.16. The summed E-state index contributed by atoms with van der Waals surface area (Å²) in [5, 5.41) is 10.9. The van der Waals surface area contributed by atoms with Crippen LogP contribution in [0.4, 0.5) is 5.69 Å². The van der Waals surface area contributed by atoms with Crippen LogP contribution in [-0.2, 0) is 19.5 Å². The zero-order valence-electron chi connectivity index (χ0n) is 14.2. The highest BCUT2D eigenvalue weighted by atomic mass is 32.1. The molecule has 0 spiro atoms. The molecular weight excluding hydrogens is 368 g/mol. The SMILES string of the molecule is O=c1[nH]c(=S)[nH]c2c1CN(Cc1ccc(-c3cccc([N+](=O)[O-])c3)o1)CC2. The number of aromatic amines is 2. The van der Waals surface area contributed by atoms with E-state index in [1.54, 1.807) is 18.2 Å². The summed E-state index contributed by atoms with van der Waals surface area (Å²) in [5.74, 6) is 1.31. The Morgan fingerprint density at radius 3 is 2.93 bits per heavy atom. The molecule has 0 saturated carbocycles. The molecule has 0 amide bonds. The fourth-order valence-corrected chi connectivity index (χ4v) is 3.47. The second-order valence-corrected chi connectivity index (χ2v) is 6.81. The highest BCUT2D eigenvalue weighted by Crippen LogP contribution is 2.27. The normalized spacial score (nSPS) is 14.1. The van der Waals surface area contributed by atoms with Gasteiger partial charge in [-0.05, 0) is 24.4 Å². The van der Waals surface area contributed by atoms with Crippen LogP contribution in [-0.4, -0.2) is 26.3 Å². The average molecular weight is 384 g/mol. The van der Waals surface area contributed by atoms with Gasteiger partial charge in [0.15, 0.2) is 4.77 Å². The number of hydrogen-bond acceptors (Lipinski definition) is 6. The Hall–Kier alpha value is -3.04. The molecule has 2 aromatic heterocycles. The van der Waals surface area contributed by atoms with Crippen LogP contribution in [0, 0.1) is 14.9 Å². The standard InChI is InChI=1S/C18H16N4O4S/c23-17-14-10-21(7-6-15(14)19-18(27)20-17)9-13-4-5-16(26-13)11-2-1-3-12(8-11)22(24)25/h1-5,8H,6-7,9-10H2,(H2,19,20,23,27). The predicted molar refractivity (Wildman–Crippen MR) is 101 cm³/mol. The van der Waals surface area contributed by atoms with E-state index in [4.69, 9.17) is 16.6 Å². The number of furan rings is 1. The molecule has 27 heavy (non-hydrogen) atoms. The number of aromatic nitrogens is 2. The number of fused-ring (bicyclic) bond motifs is 1. The molecule has 1 aliphatic heterocycles. The zero-order valence-corrected chi connectivity index (χ0v) is 15.0. The molecule has 0 fully saturated rings. The average Bonchev–Trinajstić information content (AvgIpc) is 3.11. The lowest BCUT2D eigenvalue weighted by Gasteiger charge is -2.26. The van der Waals surface area contributed by atoms with Crippen LogP contribution in [0.2, 0.25) is 0 Å². The van der Waals surface area contributed by atoms with Gasteiger partial charge in [0.25, 0.3) is 11.2 Å². The van der Waals surface area contributed by atoms with Gasteiger partial charge in [0.1, 0.15) is 11.5 Å². The van der Waals surface area contributed by atoms with Gasteiger partial charge in [0.2, 0.25) is 0 Å². The summed E-state index contributed by atoms with van der Waals surface area (Å²) in [4.78, 5) is 30.4. The van der Waals surface area contributed by atoms with E-state index in [1.807, 2.05) is 6.07 Å². The number of benzene rings is 1. The van der Waals surface area contributed by atoms with Crippen LogP contribution in [0.5, 0.6) is 0 Å². The lowest BCUT2D eigenvalue weighted by Crippen LogP contribution is -2.35. The third-order valence-corrected chi connectivity index (χ3v) is 4.78. The molecule has 0 saturated heterocycles. The van der Waals surface area contributed by atoms with Gasteiger partial charge in [-0.3, -0.25) is 24.8 Å². The Kier molecular flexibility index (Phi) is 4.46. The molecule has 3 aromatic rings. The molecule has 0 aliphatic carbocycles. The smallest absolute Gasteiger partial charge is 0.270 e. The van der Waals surface area contributed by atoms with Crippen molar-refractivity contribution in [1.29, 1.82) is 0 Å². The van der Waals surface area contributed by atoms with E-state index in [0.717, 1.165) is 18.0 Å². The molecule has 9 heteroatoms. The number of H-pyrrole nitrogens is 2. The summed E-state index contributed by atoms with van der Waals surface area (Å²) < 4.78 is 6.22. The minimum atomic E-state index is -0.429. The van der Waals surface area contributed by atoms with Gasteiger partial charge in [-0.15, -0.1) is 0 Å². The molecular formula is C18H16N4O4S. The number of nitro benzene ring substituents is 1. The second-order valence-electron chi connectivity index (χ2n) is 6.40. The maximum Gasteiger partial charge on any atom is 0.270 e. The van der Waals surface area contributed by atoms with Crippen molar-refractivity contribution in [1.82, 2.24) is 14.9 Å². The Labute approximate surface area is 158 Å². The van der Waals surface area contributed by atoms with E-state index in [0.29, 0.717) is 41.2 Å². The maximum absolute atomic E-state index is 12.1. The third kappa shape index (κ3) is 3.60. The van der Waals surface area contributed by atoms with E-state index in [9.17, 15) is 14.9 Å². The Balaban J connectivity index is 1.52. The zero-order chi connectivity index (χ0) is 19.0. The van der Waals surface area contributed by atoms with Gasteiger partial charge in [-0.25, -0.2) is 0 Å². The van der Waals surface area contributed by atoms with Crippen LogP contribution in [0.1, 0.15) is 17.0 Å². The van der Waals surface area contributed by atoms with Gasteiger partial charge in [-0.2, -0.15) is 0 Å². The van der Waals surface area contributed by atoms with Gasteiger partial charge >= 0.3 is 0 Å². The summed E-state index contributed by atoms with van der Waals surface area (Å²) in [5.41, 5.74) is 2.10. The largest absolute Gasteiger partial charge is 0.460 e. The number of nitro groups is 1. The molecule has 0 bridgehead atoms. The van der Waals surface area contributed by atoms with Crippen LogP contribution >= 0.6 is 12.2 Å². The number of rotatable bonds is 4. The monoisotopic (exact) mass is 384 g/mol. The molecule has 2 N–H and O–H groups in total. The van der Waals surface area contributed by atoms with Gasteiger partial charge < -0.3 is 9.40 Å². The molecule has 0 radical (unpaired) electrons.